The lowest BCUT2D eigenvalue weighted by Crippen LogP contribution is -2.20. The number of benzene rings is 3. The summed E-state index contributed by atoms with van der Waals surface area (Å²) >= 11 is 0. The smallest absolute Gasteiger partial charge is 0.271 e. The Morgan fingerprint density at radius 2 is 1.71 bits per heavy atom. The summed E-state index contributed by atoms with van der Waals surface area (Å²) in [5, 5.41) is 3.91. The standard InChI is InChI=1S/C22H20FN3O4S/c1-15(18-10-3-4-11-19(18)23)24-25-22(27)16-8-7-9-17(14-16)31(28,29)26-20-12-5-6-13-21(20)30-2/h3-14,26H,1-2H3,(H,25,27)/b24-15+. The largest absolute Gasteiger partial charge is 0.495 e. The third kappa shape index (κ3) is 5.26. The van der Waals surface area contributed by atoms with Crippen molar-refractivity contribution in [3.05, 3.63) is 89.7 Å². The maximum absolute atomic E-state index is 13.8. The number of ether oxygens (including phenoxy) is 1. The Morgan fingerprint density at radius 1 is 1.00 bits per heavy atom. The summed E-state index contributed by atoms with van der Waals surface area (Å²) in [4.78, 5) is 12.3. The number of halogens is 1. The summed E-state index contributed by atoms with van der Waals surface area (Å²) in [6, 6.07) is 18.1. The molecule has 0 saturated carbocycles. The molecule has 3 rings (SSSR count). The van der Waals surface area contributed by atoms with Crippen molar-refractivity contribution in [3.63, 3.8) is 0 Å². The van der Waals surface area contributed by atoms with Crippen molar-refractivity contribution in [3.8, 4) is 5.75 Å². The average molecular weight is 441 g/mol. The normalized spacial score (nSPS) is 11.6. The number of amides is 1. The number of nitrogens with zero attached hydrogens (tertiary/aromatic N) is 1. The fourth-order valence-electron chi connectivity index (χ4n) is 2.75. The van der Waals surface area contributed by atoms with Crippen molar-refractivity contribution in [1.29, 1.82) is 0 Å². The van der Waals surface area contributed by atoms with E-state index in [0.717, 1.165) is 0 Å². The molecule has 0 fully saturated rings. The molecule has 0 aliphatic rings. The molecule has 0 aliphatic carbocycles. The highest BCUT2D eigenvalue weighted by atomic mass is 32.2. The van der Waals surface area contributed by atoms with Gasteiger partial charge in [-0.3, -0.25) is 9.52 Å². The molecule has 1 amide bonds. The van der Waals surface area contributed by atoms with Crippen molar-refractivity contribution >= 4 is 27.3 Å². The van der Waals surface area contributed by atoms with Crippen LogP contribution in [0, 0.1) is 5.82 Å². The van der Waals surface area contributed by atoms with Gasteiger partial charge in [0.1, 0.15) is 11.6 Å². The molecule has 0 aromatic heterocycles. The van der Waals surface area contributed by atoms with Crippen LogP contribution >= 0.6 is 0 Å². The van der Waals surface area contributed by atoms with Gasteiger partial charge in [-0.05, 0) is 43.3 Å². The number of methoxy groups -OCH3 is 1. The van der Waals surface area contributed by atoms with Crippen molar-refractivity contribution < 1.29 is 22.3 Å². The van der Waals surface area contributed by atoms with Crippen LogP contribution in [0.1, 0.15) is 22.8 Å². The predicted octanol–water partition coefficient (Wildman–Crippen LogP) is 3.79. The van der Waals surface area contributed by atoms with Gasteiger partial charge in [-0.1, -0.05) is 36.4 Å². The van der Waals surface area contributed by atoms with E-state index in [0.29, 0.717) is 5.75 Å². The van der Waals surface area contributed by atoms with Gasteiger partial charge in [0.2, 0.25) is 0 Å². The van der Waals surface area contributed by atoms with Crippen LogP contribution in [0.5, 0.6) is 5.75 Å². The first kappa shape index (κ1) is 22.0. The zero-order valence-corrected chi connectivity index (χ0v) is 17.6. The van der Waals surface area contributed by atoms with Gasteiger partial charge < -0.3 is 4.74 Å². The fourth-order valence-corrected chi connectivity index (χ4v) is 3.87. The van der Waals surface area contributed by atoms with Gasteiger partial charge >= 0.3 is 0 Å². The predicted molar refractivity (Wildman–Crippen MR) is 116 cm³/mol. The van der Waals surface area contributed by atoms with Gasteiger partial charge in [-0.2, -0.15) is 5.10 Å². The number of anilines is 1. The first-order valence-corrected chi connectivity index (χ1v) is 10.7. The lowest BCUT2D eigenvalue weighted by Gasteiger charge is -2.12. The summed E-state index contributed by atoms with van der Waals surface area (Å²) in [6.07, 6.45) is 0. The maximum Gasteiger partial charge on any atom is 0.271 e. The van der Waals surface area contributed by atoms with Crippen molar-refractivity contribution in [1.82, 2.24) is 5.43 Å². The number of nitrogens with one attached hydrogen (secondary N) is 2. The van der Waals surface area contributed by atoms with Crippen LogP contribution in [0.2, 0.25) is 0 Å². The van der Waals surface area contributed by atoms with Crippen LogP contribution in [0.3, 0.4) is 0 Å². The Bertz CT molecular complexity index is 1240. The SMILES string of the molecule is COc1ccccc1NS(=O)(=O)c1cccc(C(=O)N/N=C(\C)c2ccccc2F)c1. The van der Waals surface area contributed by atoms with E-state index in [2.05, 4.69) is 15.2 Å². The van der Waals surface area contributed by atoms with E-state index in [1.165, 1.54) is 43.5 Å². The first-order chi connectivity index (χ1) is 14.8. The van der Waals surface area contributed by atoms with E-state index in [1.807, 2.05) is 0 Å². The number of sulfonamides is 1. The molecule has 3 aromatic rings. The van der Waals surface area contributed by atoms with Crippen molar-refractivity contribution in [2.75, 3.05) is 11.8 Å². The Hall–Kier alpha value is -3.72. The zero-order valence-electron chi connectivity index (χ0n) is 16.8. The van der Waals surface area contributed by atoms with Gasteiger partial charge in [0.05, 0.1) is 23.4 Å². The lowest BCUT2D eigenvalue weighted by molar-refractivity contribution is 0.0954. The van der Waals surface area contributed by atoms with Gasteiger partial charge in [-0.15, -0.1) is 0 Å². The van der Waals surface area contributed by atoms with Gasteiger partial charge in [0, 0.05) is 11.1 Å². The quantitative estimate of drug-likeness (QED) is 0.431. The molecule has 0 heterocycles. The van der Waals surface area contributed by atoms with Gasteiger partial charge in [0.15, 0.2) is 0 Å². The van der Waals surface area contributed by atoms with Crippen LogP contribution in [0.4, 0.5) is 10.1 Å². The topological polar surface area (TPSA) is 96.9 Å². The minimum absolute atomic E-state index is 0.0768. The molecule has 0 saturated heterocycles. The van der Waals surface area contributed by atoms with Crippen molar-refractivity contribution in [2.45, 2.75) is 11.8 Å². The van der Waals surface area contributed by atoms with Gasteiger partial charge in [0.25, 0.3) is 15.9 Å². The molecule has 9 heteroatoms. The lowest BCUT2D eigenvalue weighted by atomic mass is 10.1. The molecular weight excluding hydrogens is 421 g/mol. The third-order valence-corrected chi connectivity index (χ3v) is 5.71. The van der Waals surface area contributed by atoms with Crippen LogP contribution in [-0.4, -0.2) is 27.1 Å². The Labute approximate surface area is 179 Å². The number of rotatable bonds is 7. The summed E-state index contributed by atoms with van der Waals surface area (Å²) < 4.78 is 47.0. The Kier molecular flexibility index (Phi) is 6.66. The molecule has 0 aliphatic heterocycles. The molecule has 160 valence electrons. The highest BCUT2D eigenvalue weighted by Gasteiger charge is 2.18. The molecule has 0 atom stereocenters. The summed E-state index contributed by atoms with van der Waals surface area (Å²) in [5.74, 6) is -0.739. The molecule has 7 nitrogen and oxygen atoms in total. The second-order valence-electron chi connectivity index (χ2n) is 6.45. The minimum Gasteiger partial charge on any atom is -0.495 e. The highest BCUT2D eigenvalue weighted by molar-refractivity contribution is 7.92. The van der Waals surface area contributed by atoms with Crippen molar-refractivity contribution in [2.24, 2.45) is 5.10 Å². The minimum atomic E-state index is -3.98. The molecule has 0 bridgehead atoms. The summed E-state index contributed by atoms with van der Waals surface area (Å²) in [7, 11) is -2.54. The van der Waals surface area contributed by atoms with Crippen LogP contribution in [0.15, 0.2) is 82.8 Å². The molecular formula is C22H20FN3O4S. The highest BCUT2D eigenvalue weighted by Crippen LogP contribution is 2.26. The number of hydrazone groups is 1. The summed E-state index contributed by atoms with van der Waals surface area (Å²) in [5.41, 5.74) is 3.18. The third-order valence-electron chi connectivity index (χ3n) is 4.35. The van der Waals surface area contributed by atoms with E-state index < -0.39 is 21.7 Å². The van der Waals surface area contributed by atoms with Gasteiger partial charge in [-0.25, -0.2) is 18.2 Å². The Morgan fingerprint density at radius 3 is 2.45 bits per heavy atom. The second kappa shape index (κ2) is 9.40. The molecule has 31 heavy (non-hydrogen) atoms. The molecule has 3 aromatic carbocycles. The van der Waals surface area contributed by atoms with E-state index >= 15 is 0 Å². The maximum atomic E-state index is 13.8. The van der Waals surface area contributed by atoms with Crippen LogP contribution in [-0.2, 0) is 10.0 Å². The Balaban J connectivity index is 1.80. The monoisotopic (exact) mass is 441 g/mol. The van der Waals surface area contributed by atoms with E-state index in [1.54, 1.807) is 43.3 Å². The van der Waals surface area contributed by atoms with E-state index in [9.17, 15) is 17.6 Å². The molecule has 0 unspecified atom stereocenters. The summed E-state index contributed by atoms with van der Waals surface area (Å²) in [6.45, 7) is 1.55. The number of carbonyl (C=O) groups is 1. The molecule has 2 N–H and O–H groups in total. The molecule has 0 spiro atoms. The number of hydrogen-bond acceptors (Lipinski definition) is 5. The fraction of sp³-hybridized carbons (Fsp3) is 0.0909. The van der Waals surface area contributed by atoms with E-state index in [4.69, 9.17) is 4.74 Å². The zero-order chi connectivity index (χ0) is 22.4. The number of para-hydroxylation sites is 2. The van der Waals surface area contributed by atoms with Crippen LogP contribution < -0.4 is 14.9 Å². The molecule has 0 radical (unpaired) electrons. The second-order valence-corrected chi connectivity index (χ2v) is 8.13. The van der Waals surface area contributed by atoms with Crippen LogP contribution in [0.25, 0.3) is 0 Å². The first-order valence-electron chi connectivity index (χ1n) is 9.17. The van der Waals surface area contributed by atoms with E-state index in [-0.39, 0.29) is 27.4 Å². The average Bonchev–Trinajstić information content (AvgIpc) is 2.77. The number of carbonyl (C=O) groups excluding carboxylic acids is 1. The number of hydrogen-bond donors (Lipinski definition) is 2.